The highest BCUT2D eigenvalue weighted by molar-refractivity contribution is 5.80. The van der Waals surface area contributed by atoms with Crippen LogP contribution in [-0.2, 0) is 14.3 Å². The summed E-state index contributed by atoms with van der Waals surface area (Å²) in [4.78, 5) is 12.9. The van der Waals surface area contributed by atoms with Crippen molar-refractivity contribution in [2.24, 2.45) is 0 Å². The molecule has 272 valence electrons. The van der Waals surface area contributed by atoms with Gasteiger partial charge in [-0.15, -0.1) is 0 Å². The number of ether oxygens (including phenoxy) is 2. The van der Waals surface area contributed by atoms with Gasteiger partial charge in [0.25, 0.3) is 0 Å². The van der Waals surface area contributed by atoms with Crippen molar-refractivity contribution in [3.05, 3.63) is 12.2 Å². The Bertz CT molecular complexity index is 770. The average molecular weight is 662 g/mol. The first-order valence-corrected chi connectivity index (χ1v) is 18.1. The molecule has 1 saturated heterocycles. The summed E-state index contributed by atoms with van der Waals surface area (Å²) in [5.41, 5.74) is 0. The van der Waals surface area contributed by atoms with Gasteiger partial charge in [-0.2, -0.15) is 0 Å². The molecule has 0 aromatic rings. The maximum atomic E-state index is 12.9. The van der Waals surface area contributed by atoms with Crippen LogP contribution in [0.25, 0.3) is 0 Å². The summed E-state index contributed by atoms with van der Waals surface area (Å²) >= 11 is 0. The monoisotopic (exact) mass is 661 g/mol. The largest absolute Gasteiger partial charge is 0.394 e. The van der Waals surface area contributed by atoms with E-state index in [1.807, 2.05) is 0 Å². The molecule has 0 saturated carbocycles. The lowest BCUT2D eigenvalue weighted by molar-refractivity contribution is -0.303. The van der Waals surface area contributed by atoms with E-state index in [1.54, 1.807) is 0 Å². The van der Waals surface area contributed by atoms with E-state index in [2.05, 4.69) is 31.3 Å². The maximum Gasteiger partial charge on any atom is 0.249 e. The number of aliphatic hydroxyl groups excluding tert-OH is 7. The zero-order valence-electron chi connectivity index (χ0n) is 28.6. The number of unbranched alkanes of at least 4 members (excludes halogenated alkanes) is 14. The highest BCUT2D eigenvalue weighted by atomic mass is 16.7. The van der Waals surface area contributed by atoms with Crippen LogP contribution in [0.1, 0.15) is 136 Å². The van der Waals surface area contributed by atoms with Gasteiger partial charge in [-0.05, 0) is 38.5 Å². The zero-order valence-corrected chi connectivity index (χ0v) is 28.6. The third kappa shape index (κ3) is 17.8. The first-order chi connectivity index (χ1) is 22.2. The summed E-state index contributed by atoms with van der Waals surface area (Å²) in [5, 5.41) is 74.8. The van der Waals surface area contributed by atoms with Crippen molar-refractivity contribution in [2.75, 3.05) is 13.2 Å². The summed E-state index contributed by atoms with van der Waals surface area (Å²) in [5.74, 6) is -0.712. The van der Waals surface area contributed by atoms with E-state index in [0.717, 1.165) is 38.5 Å². The number of allylic oxidation sites excluding steroid dienone is 2. The summed E-state index contributed by atoms with van der Waals surface area (Å²) < 4.78 is 11.0. The Morgan fingerprint density at radius 1 is 0.739 bits per heavy atom. The number of amides is 1. The summed E-state index contributed by atoms with van der Waals surface area (Å²) in [6.45, 7) is 3.31. The van der Waals surface area contributed by atoms with E-state index < -0.39 is 74.2 Å². The van der Waals surface area contributed by atoms with Crippen LogP contribution >= 0.6 is 0 Å². The highest BCUT2D eigenvalue weighted by Crippen LogP contribution is 2.23. The quantitative estimate of drug-likeness (QED) is 0.0456. The molecule has 46 heavy (non-hydrogen) atoms. The molecule has 0 aliphatic carbocycles. The van der Waals surface area contributed by atoms with E-state index in [9.17, 15) is 40.5 Å². The van der Waals surface area contributed by atoms with E-state index in [4.69, 9.17) is 9.47 Å². The molecule has 9 atom stereocenters. The Labute approximate surface area is 277 Å². The van der Waals surface area contributed by atoms with E-state index in [0.29, 0.717) is 12.8 Å². The van der Waals surface area contributed by atoms with Crippen LogP contribution < -0.4 is 5.32 Å². The average Bonchev–Trinajstić information content (AvgIpc) is 3.05. The minimum atomic E-state index is -1.66. The van der Waals surface area contributed by atoms with Crippen molar-refractivity contribution in [3.8, 4) is 0 Å². The van der Waals surface area contributed by atoms with Gasteiger partial charge in [0.2, 0.25) is 5.91 Å². The predicted molar refractivity (Wildman–Crippen MR) is 178 cm³/mol. The number of hydrogen-bond donors (Lipinski definition) is 8. The molecule has 1 aliphatic heterocycles. The number of nitrogens with one attached hydrogen (secondary N) is 1. The molecular weight excluding hydrogens is 594 g/mol. The van der Waals surface area contributed by atoms with Crippen molar-refractivity contribution in [1.82, 2.24) is 5.32 Å². The third-order valence-electron chi connectivity index (χ3n) is 8.82. The van der Waals surface area contributed by atoms with Crippen LogP contribution in [0.15, 0.2) is 12.2 Å². The Balaban J connectivity index is 2.64. The predicted octanol–water partition coefficient (Wildman–Crippen LogP) is 3.38. The standard InChI is InChI=1S/C35H67NO10/c1-3-5-7-9-11-13-15-17-19-21-23-28(39)34(44)36-26(25-45-35-33(43)32(42)31(41)29(24-37)46-35)30(40)27(38)22-20-18-16-14-12-10-8-6-4-2/h14,16,26-33,35,37-43H,3-13,15,17-25H2,1-2H3,(H,36,44)/b16-14+. The fourth-order valence-corrected chi connectivity index (χ4v) is 5.67. The van der Waals surface area contributed by atoms with E-state index in [1.165, 1.54) is 57.8 Å². The van der Waals surface area contributed by atoms with Gasteiger partial charge in [-0.1, -0.05) is 109 Å². The molecule has 0 spiro atoms. The van der Waals surface area contributed by atoms with Gasteiger partial charge in [0.1, 0.15) is 36.6 Å². The molecule has 0 aromatic carbocycles. The fraction of sp³-hybridized carbons (Fsp3) is 0.914. The van der Waals surface area contributed by atoms with Crippen LogP contribution in [0.3, 0.4) is 0 Å². The molecule has 1 heterocycles. The third-order valence-corrected chi connectivity index (χ3v) is 8.82. The van der Waals surface area contributed by atoms with Gasteiger partial charge in [0, 0.05) is 0 Å². The summed E-state index contributed by atoms with van der Waals surface area (Å²) in [7, 11) is 0. The van der Waals surface area contributed by atoms with Crippen molar-refractivity contribution < 1.29 is 50.0 Å². The van der Waals surface area contributed by atoms with Crippen LogP contribution in [0.4, 0.5) is 0 Å². The molecule has 1 rings (SSSR count). The fourth-order valence-electron chi connectivity index (χ4n) is 5.67. The first kappa shape index (κ1) is 42.9. The molecule has 1 amide bonds. The zero-order chi connectivity index (χ0) is 34.2. The molecule has 11 heteroatoms. The molecule has 1 aliphatic rings. The second-order valence-corrected chi connectivity index (χ2v) is 12.9. The molecular formula is C35H67NO10. The van der Waals surface area contributed by atoms with Crippen LogP contribution in [-0.4, -0.2) is 110 Å². The lowest BCUT2D eigenvalue weighted by Gasteiger charge is -2.40. The van der Waals surface area contributed by atoms with E-state index in [-0.39, 0.29) is 12.8 Å². The first-order valence-electron chi connectivity index (χ1n) is 18.1. The summed E-state index contributed by atoms with van der Waals surface area (Å²) in [6.07, 6.45) is 11.6. The Morgan fingerprint density at radius 3 is 1.87 bits per heavy atom. The van der Waals surface area contributed by atoms with Gasteiger partial charge in [-0.25, -0.2) is 0 Å². The minimum Gasteiger partial charge on any atom is -0.394 e. The topological polar surface area (TPSA) is 189 Å². The smallest absolute Gasteiger partial charge is 0.249 e. The molecule has 11 nitrogen and oxygen atoms in total. The number of rotatable bonds is 28. The van der Waals surface area contributed by atoms with Gasteiger partial charge in [0.05, 0.1) is 25.4 Å². The second-order valence-electron chi connectivity index (χ2n) is 12.9. The Kier molecular flexibility index (Phi) is 24.9. The van der Waals surface area contributed by atoms with Crippen molar-refractivity contribution in [3.63, 3.8) is 0 Å². The number of carbonyl (C=O) groups is 1. The highest BCUT2D eigenvalue weighted by Gasteiger charge is 2.44. The van der Waals surface area contributed by atoms with Crippen LogP contribution in [0, 0.1) is 0 Å². The normalized spacial score (nSPS) is 24.6. The molecule has 0 aromatic heterocycles. The van der Waals surface area contributed by atoms with E-state index >= 15 is 0 Å². The van der Waals surface area contributed by atoms with Crippen molar-refractivity contribution >= 4 is 5.91 Å². The molecule has 0 radical (unpaired) electrons. The van der Waals surface area contributed by atoms with Crippen molar-refractivity contribution in [1.29, 1.82) is 0 Å². The SMILES string of the molecule is CCCCCC/C=C/CCCC(O)C(O)C(COC1OC(CO)C(O)C(O)C1O)NC(=O)C(O)CCCCCCCCCCCC. The van der Waals surface area contributed by atoms with Crippen LogP contribution in [0.2, 0.25) is 0 Å². The summed E-state index contributed by atoms with van der Waals surface area (Å²) in [6, 6.07) is -1.17. The van der Waals surface area contributed by atoms with Gasteiger partial charge >= 0.3 is 0 Å². The number of aliphatic hydroxyl groups is 7. The number of carbonyl (C=O) groups excluding carboxylic acids is 1. The number of hydrogen-bond acceptors (Lipinski definition) is 10. The minimum absolute atomic E-state index is 0.256. The molecule has 1 fully saturated rings. The van der Waals surface area contributed by atoms with Gasteiger partial charge < -0.3 is 50.5 Å². The Morgan fingerprint density at radius 2 is 1.28 bits per heavy atom. The molecule has 9 unspecified atom stereocenters. The van der Waals surface area contributed by atoms with Gasteiger partial charge in [-0.3, -0.25) is 4.79 Å². The lowest BCUT2D eigenvalue weighted by Crippen LogP contribution is -2.60. The second kappa shape index (κ2) is 26.8. The lowest BCUT2D eigenvalue weighted by atomic mass is 9.98. The van der Waals surface area contributed by atoms with Gasteiger partial charge in [0.15, 0.2) is 6.29 Å². The Hall–Kier alpha value is -1.15. The molecule has 8 N–H and O–H groups in total. The van der Waals surface area contributed by atoms with Crippen molar-refractivity contribution in [2.45, 2.75) is 191 Å². The maximum absolute atomic E-state index is 12.9. The van der Waals surface area contributed by atoms with Crippen LogP contribution in [0.5, 0.6) is 0 Å². The molecule has 0 bridgehead atoms.